The zero-order valence-corrected chi connectivity index (χ0v) is 12.6. The first-order chi connectivity index (χ1) is 9.00. The van der Waals surface area contributed by atoms with E-state index >= 15 is 0 Å². The number of carbonyl (C=O) groups is 1. The molecule has 0 saturated carbocycles. The fourth-order valence-corrected chi connectivity index (χ4v) is 2.31. The summed E-state index contributed by atoms with van der Waals surface area (Å²) in [6, 6.07) is 0. The maximum atomic E-state index is 12.1. The molecule has 2 heterocycles. The predicted molar refractivity (Wildman–Crippen MR) is 73.1 cm³/mol. The molecule has 1 aromatic rings. The minimum Gasteiger partial charge on any atom is -0.378 e. The van der Waals surface area contributed by atoms with E-state index in [2.05, 4.69) is 20.9 Å². The molecule has 1 aliphatic heterocycles. The summed E-state index contributed by atoms with van der Waals surface area (Å²) in [6.07, 6.45) is 0. The number of rotatable bonds is 2. The van der Waals surface area contributed by atoms with Crippen molar-refractivity contribution < 1.29 is 9.53 Å². The van der Waals surface area contributed by atoms with Crippen LogP contribution in [0.5, 0.6) is 0 Å². The number of hydrogen-bond donors (Lipinski definition) is 0. The van der Waals surface area contributed by atoms with Crippen LogP contribution >= 0.6 is 15.9 Å². The van der Waals surface area contributed by atoms with Gasteiger partial charge in [-0.25, -0.2) is 4.79 Å². The van der Waals surface area contributed by atoms with Crippen LogP contribution in [0.2, 0.25) is 0 Å². The molecule has 0 radical (unpaired) electrons. The van der Waals surface area contributed by atoms with Gasteiger partial charge < -0.3 is 9.64 Å². The Balaban J connectivity index is 2.21. The first-order valence-electron chi connectivity index (χ1n) is 6.09. The first-order valence-corrected chi connectivity index (χ1v) is 6.89. The van der Waals surface area contributed by atoms with Crippen LogP contribution in [-0.2, 0) is 16.1 Å². The fourth-order valence-electron chi connectivity index (χ4n) is 2.01. The van der Waals surface area contributed by atoms with Crippen molar-refractivity contribution in [3.8, 4) is 0 Å². The third-order valence-corrected chi connectivity index (χ3v) is 4.34. The molecule has 0 aliphatic carbocycles. The zero-order chi connectivity index (χ0) is 14.0. The Labute approximate surface area is 119 Å². The molecule has 6 nitrogen and oxygen atoms in total. The van der Waals surface area contributed by atoms with E-state index in [1.807, 2.05) is 0 Å². The van der Waals surface area contributed by atoms with E-state index in [0.29, 0.717) is 32.0 Å². The van der Waals surface area contributed by atoms with E-state index in [-0.39, 0.29) is 18.1 Å². The summed E-state index contributed by atoms with van der Waals surface area (Å²) < 4.78 is 7.36. The lowest BCUT2D eigenvalue weighted by Gasteiger charge is -2.27. The van der Waals surface area contributed by atoms with E-state index in [0.717, 1.165) is 10.2 Å². The number of carbonyl (C=O) groups excluding carboxylic acids is 1. The molecule has 1 aliphatic rings. The number of hydrogen-bond acceptors (Lipinski definition) is 4. The van der Waals surface area contributed by atoms with Crippen LogP contribution in [0.1, 0.15) is 11.4 Å². The van der Waals surface area contributed by atoms with Crippen LogP contribution in [0.25, 0.3) is 0 Å². The molecule has 0 aromatic carbocycles. The Bertz CT molecular complexity index is 550. The lowest BCUT2D eigenvalue weighted by atomic mass is 10.3. The number of aryl methyl sites for hydroxylation is 1. The van der Waals surface area contributed by atoms with Crippen molar-refractivity contribution in [3.63, 3.8) is 0 Å². The molecule has 7 heteroatoms. The summed E-state index contributed by atoms with van der Waals surface area (Å²) in [5, 5.41) is 0. The van der Waals surface area contributed by atoms with Gasteiger partial charge in [-0.15, -0.1) is 0 Å². The molecule has 0 N–H and O–H groups in total. The summed E-state index contributed by atoms with van der Waals surface area (Å²) in [4.78, 5) is 29.6. The van der Waals surface area contributed by atoms with Gasteiger partial charge in [-0.05, 0) is 29.8 Å². The maximum Gasteiger partial charge on any atom is 0.348 e. The summed E-state index contributed by atoms with van der Waals surface area (Å²) in [7, 11) is 0. The predicted octanol–water partition coefficient (Wildman–Crippen LogP) is 0.481. The van der Waals surface area contributed by atoms with Crippen LogP contribution < -0.4 is 5.69 Å². The topological polar surface area (TPSA) is 64.4 Å². The maximum absolute atomic E-state index is 12.1. The van der Waals surface area contributed by atoms with Gasteiger partial charge in [0.25, 0.3) is 0 Å². The van der Waals surface area contributed by atoms with Crippen molar-refractivity contribution in [1.29, 1.82) is 0 Å². The molecule has 2 rings (SSSR count). The summed E-state index contributed by atoms with van der Waals surface area (Å²) in [5.41, 5.74) is 0.969. The number of aromatic nitrogens is 2. The minimum absolute atomic E-state index is 0.0244. The van der Waals surface area contributed by atoms with Gasteiger partial charge in [-0.2, -0.15) is 4.98 Å². The van der Waals surface area contributed by atoms with Crippen LogP contribution in [0.4, 0.5) is 0 Å². The second-order valence-corrected chi connectivity index (χ2v) is 5.25. The van der Waals surface area contributed by atoms with Gasteiger partial charge in [0.15, 0.2) is 0 Å². The van der Waals surface area contributed by atoms with Crippen molar-refractivity contribution >= 4 is 21.8 Å². The summed E-state index contributed by atoms with van der Waals surface area (Å²) >= 11 is 3.38. The quantitative estimate of drug-likeness (QED) is 0.791. The van der Waals surface area contributed by atoms with E-state index in [4.69, 9.17) is 4.74 Å². The molecule has 104 valence electrons. The highest BCUT2D eigenvalue weighted by Crippen LogP contribution is 2.16. The third-order valence-electron chi connectivity index (χ3n) is 3.19. The molecule has 1 saturated heterocycles. The molecule has 0 unspecified atom stereocenters. The van der Waals surface area contributed by atoms with Crippen molar-refractivity contribution in [2.75, 3.05) is 26.3 Å². The number of morpholine rings is 1. The van der Waals surface area contributed by atoms with Gasteiger partial charge in [0.05, 0.1) is 23.4 Å². The number of amides is 1. The third kappa shape index (κ3) is 3.03. The minimum atomic E-state index is -0.389. The summed E-state index contributed by atoms with van der Waals surface area (Å²) in [6.45, 7) is 5.83. The lowest BCUT2D eigenvalue weighted by molar-refractivity contribution is -0.136. The van der Waals surface area contributed by atoms with Gasteiger partial charge in [-0.3, -0.25) is 9.36 Å². The molecule has 1 aromatic heterocycles. The zero-order valence-electron chi connectivity index (χ0n) is 11.0. The van der Waals surface area contributed by atoms with Gasteiger partial charge in [0.2, 0.25) is 5.91 Å². The van der Waals surface area contributed by atoms with Crippen LogP contribution in [0, 0.1) is 13.8 Å². The molecule has 1 fully saturated rings. The molecule has 0 spiro atoms. The highest BCUT2D eigenvalue weighted by molar-refractivity contribution is 9.10. The Morgan fingerprint density at radius 1 is 1.37 bits per heavy atom. The van der Waals surface area contributed by atoms with Crippen molar-refractivity contribution in [3.05, 3.63) is 26.3 Å². The second kappa shape index (κ2) is 5.83. The average Bonchev–Trinajstić information content (AvgIpc) is 2.42. The van der Waals surface area contributed by atoms with E-state index in [9.17, 15) is 9.59 Å². The Kier molecular flexibility index (Phi) is 4.36. The normalized spacial score (nSPS) is 15.6. The van der Waals surface area contributed by atoms with Crippen LogP contribution in [-0.4, -0.2) is 46.7 Å². The van der Waals surface area contributed by atoms with Gasteiger partial charge in [0, 0.05) is 18.8 Å². The largest absolute Gasteiger partial charge is 0.378 e. The Hall–Kier alpha value is -1.21. The van der Waals surface area contributed by atoms with Gasteiger partial charge in [0.1, 0.15) is 6.54 Å². The molecular formula is C12H16BrN3O3. The molecule has 0 atom stereocenters. The highest BCUT2D eigenvalue weighted by atomic mass is 79.9. The fraction of sp³-hybridized carbons (Fsp3) is 0.583. The molecular weight excluding hydrogens is 314 g/mol. The smallest absolute Gasteiger partial charge is 0.348 e. The van der Waals surface area contributed by atoms with E-state index < -0.39 is 0 Å². The van der Waals surface area contributed by atoms with Gasteiger partial charge >= 0.3 is 5.69 Å². The highest BCUT2D eigenvalue weighted by Gasteiger charge is 2.19. The summed E-state index contributed by atoms with van der Waals surface area (Å²) in [5.74, 6) is -0.0777. The van der Waals surface area contributed by atoms with Crippen LogP contribution in [0.15, 0.2) is 9.27 Å². The van der Waals surface area contributed by atoms with Crippen molar-refractivity contribution in [2.24, 2.45) is 0 Å². The van der Waals surface area contributed by atoms with Crippen LogP contribution in [0.3, 0.4) is 0 Å². The van der Waals surface area contributed by atoms with Gasteiger partial charge in [-0.1, -0.05) is 0 Å². The second-order valence-electron chi connectivity index (χ2n) is 4.46. The Morgan fingerprint density at radius 3 is 2.63 bits per heavy atom. The van der Waals surface area contributed by atoms with E-state index in [1.54, 1.807) is 18.7 Å². The van der Waals surface area contributed by atoms with Crippen molar-refractivity contribution in [1.82, 2.24) is 14.5 Å². The molecule has 0 bridgehead atoms. The monoisotopic (exact) mass is 329 g/mol. The number of ether oxygens (including phenoxy) is 1. The molecule has 19 heavy (non-hydrogen) atoms. The molecule has 1 amide bonds. The number of nitrogens with zero attached hydrogens (tertiary/aromatic N) is 3. The lowest BCUT2D eigenvalue weighted by Crippen LogP contribution is -2.44. The SMILES string of the molecule is Cc1nc(=O)n(CC(=O)N2CCOCC2)c(C)c1Br. The average molecular weight is 330 g/mol. The Morgan fingerprint density at radius 2 is 2.00 bits per heavy atom. The van der Waals surface area contributed by atoms with Crippen molar-refractivity contribution in [2.45, 2.75) is 20.4 Å². The number of halogens is 1. The van der Waals surface area contributed by atoms with E-state index in [1.165, 1.54) is 4.57 Å². The first kappa shape index (κ1) is 14.2. The standard InChI is InChI=1S/C12H16BrN3O3/c1-8-11(13)9(2)16(12(18)14-8)7-10(17)15-3-5-19-6-4-15/h3-7H2,1-2H3.